The van der Waals surface area contributed by atoms with Crippen molar-refractivity contribution in [1.29, 1.82) is 0 Å². The number of hydrogen-bond donors (Lipinski definition) is 1. The fourth-order valence-electron chi connectivity index (χ4n) is 2.96. The third-order valence-electron chi connectivity index (χ3n) is 4.81. The summed E-state index contributed by atoms with van der Waals surface area (Å²) in [7, 11) is 1.89. The lowest BCUT2D eigenvalue weighted by Crippen LogP contribution is -2.35. The number of amides is 2. The molecule has 0 aromatic heterocycles. The van der Waals surface area contributed by atoms with Gasteiger partial charge < -0.3 is 5.32 Å². The second-order valence-electron chi connectivity index (χ2n) is 5.80. The standard InChI is InChI=1S/C17H24N2O2/c1-5-17(6-2)11-15(20)19(16(17)21)14-9-7-8-13(10-14)12(3)18-4/h7-10,12,18H,5-6,11H2,1-4H3. The van der Waals surface area contributed by atoms with E-state index in [-0.39, 0.29) is 17.9 Å². The SMILES string of the molecule is CCC1(CC)CC(=O)N(c2cccc(C(C)NC)c2)C1=O. The minimum atomic E-state index is -0.512. The van der Waals surface area contributed by atoms with Crippen molar-refractivity contribution in [3.63, 3.8) is 0 Å². The zero-order chi connectivity index (χ0) is 15.6. The maximum Gasteiger partial charge on any atom is 0.240 e. The Labute approximate surface area is 126 Å². The van der Waals surface area contributed by atoms with Gasteiger partial charge in [-0.2, -0.15) is 0 Å². The van der Waals surface area contributed by atoms with Crippen LogP contribution in [0, 0.1) is 5.41 Å². The van der Waals surface area contributed by atoms with Crippen LogP contribution in [0.25, 0.3) is 0 Å². The average molecular weight is 288 g/mol. The van der Waals surface area contributed by atoms with E-state index < -0.39 is 5.41 Å². The quantitative estimate of drug-likeness (QED) is 0.847. The molecule has 1 aliphatic rings. The lowest BCUT2D eigenvalue weighted by Gasteiger charge is -2.24. The average Bonchev–Trinajstić information content (AvgIpc) is 2.77. The molecule has 0 spiro atoms. The first-order valence-electron chi connectivity index (χ1n) is 7.63. The molecule has 2 amide bonds. The molecule has 1 N–H and O–H groups in total. The van der Waals surface area contributed by atoms with Gasteiger partial charge in [0.05, 0.1) is 11.1 Å². The maximum atomic E-state index is 12.7. The van der Waals surface area contributed by atoms with Gasteiger partial charge in [0.15, 0.2) is 0 Å². The Kier molecular flexibility index (Phi) is 4.47. The highest BCUT2D eigenvalue weighted by atomic mass is 16.2. The molecule has 1 heterocycles. The first-order valence-corrected chi connectivity index (χ1v) is 7.63. The summed E-state index contributed by atoms with van der Waals surface area (Å²) in [5.41, 5.74) is 1.25. The second kappa shape index (κ2) is 5.98. The monoisotopic (exact) mass is 288 g/mol. The third-order valence-corrected chi connectivity index (χ3v) is 4.81. The molecule has 4 heteroatoms. The Morgan fingerprint density at radius 2 is 1.95 bits per heavy atom. The largest absolute Gasteiger partial charge is 0.313 e. The highest BCUT2D eigenvalue weighted by Gasteiger charge is 2.49. The number of benzene rings is 1. The molecule has 2 rings (SSSR count). The maximum absolute atomic E-state index is 12.7. The van der Waals surface area contributed by atoms with Crippen LogP contribution in [0.3, 0.4) is 0 Å². The Hall–Kier alpha value is -1.68. The number of hydrogen-bond acceptors (Lipinski definition) is 3. The summed E-state index contributed by atoms with van der Waals surface area (Å²) in [5.74, 6) is -0.135. The summed E-state index contributed by atoms with van der Waals surface area (Å²) in [6, 6.07) is 7.85. The fourth-order valence-corrected chi connectivity index (χ4v) is 2.96. The Balaban J connectivity index is 2.38. The van der Waals surface area contributed by atoms with Crippen molar-refractivity contribution in [2.75, 3.05) is 11.9 Å². The highest BCUT2D eigenvalue weighted by molar-refractivity contribution is 6.22. The summed E-state index contributed by atoms with van der Waals surface area (Å²) >= 11 is 0. The van der Waals surface area contributed by atoms with Gasteiger partial charge in [0.25, 0.3) is 0 Å². The zero-order valence-corrected chi connectivity index (χ0v) is 13.3. The summed E-state index contributed by atoms with van der Waals surface area (Å²) in [5, 5.41) is 3.17. The van der Waals surface area contributed by atoms with Crippen LogP contribution in [-0.2, 0) is 9.59 Å². The van der Waals surface area contributed by atoms with Crippen LogP contribution in [-0.4, -0.2) is 18.9 Å². The number of anilines is 1. The Bertz CT molecular complexity index is 549. The van der Waals surface area contributed by atoms with E-state index in [2.05, 4.69) is 12.2 Å². The van der Waals surface area contributed by atoms with E-state index in [1.54, 1.807) is 0 Å². The first-order chi connectivity index (χ1) is 9.99. The van der Waals surface area contributed by atoms with Crippen molar-refractivity contribution < 1.29 is 9.59 Å². The molecule has 1 aromatic carbocycles. The van der Waals surface area contributed by atoms with Crippen LogP contribution in [0.15, 0.2) is 24.3 Å². The normalized spacial score (nSPS) is 19.1. The van der Waals surface area contributed by atoms with Crippen LogP contribution < -0.4 is 10.2 Å². The van der Waals surface area contributed by atoms with Crippen LogP contribution >= 0.6 is 0 Å². The summed E-state index contributed by atoms with van der Waals surface area (Å²) < 4.78 is 0. The van der Waals surface area contributed by atoms with E-state index in [1.807, 2.05) is 45.2 Å². The van der Waals surface area contributed by atoms with E-state index in [4.69, 9.17) is 0 Å². The van der Waals surface area contributed by atoms with Gasteiger partial charge in [-0.25, -0.2) is 0 Å². The number of rotatable bonds is 5. The molecular weight excluding hydrogens is 264 g/mol. The Morgan fingerprint density at radius 1 is 1.29 bits per heavy atom. The first kappa shape index (κ1) is 15.7. The minimum absolute atomic E-state index is 0.0493. The molecule has 0 radical (unpaired) electrons. The van der Waals surface area contributed by atoms with Crippen molar-refractivity contribution >= 4 is 17.5 Å². The predicted octanol–water partition coefficient (Wildman–Crippen LogP) is 3.04. The molecule has 1 unspecified atom stereocenters. The van der Waals surface area contributed by atoms with Crippen molar-refractivity contribution in [3.05, 3.63) is 29.8 Å². The number of nitrogens with zero attached hydrogens (tertiary/aromatic N) is 1. The van der Waals surface area contributed by atoms with E-state index in [0.717, 1.165) is 5.56 Å². The van der Waals surface area contributed by atoms with E-state index in [9.17, 15) is 9.59 Å². The van der Waals surface area contributed by atoms with Gasteiger partial charge in [0.1, 0.15) is 0 Å². The van der Waals surface area contributed by atoms with Crippen molar-refractivity contribution in [3.8, 4) is 0 Å². The smallest absolute Gasteiger partial charge is 0.240 e. The van der Waals surface area contributed by atoms with Crippen LogP contribution in [0.2, 0.25) is 0 Å². The molecule has 1 fully saturated rings. The predicted molar refractivity (Wildman–Crippen MR) is 84.0 cm³/mol. The number of nitrogens with one attached hydrogen (secondary N) is 1. The molecule has 1 atom stereocenters. The molecule has 0 aliphatic carbocycles. The molecule has 1 aliphatic heterocycles. The molecule has 0 bridgehead atoms. The Morgan fingerprint density at radius 3 is 2.48 bits per heavy atom. The lowest BCUT2D eigenvalue weighted by molar-refractivity contribution is -0.126. The van der Waals surface area contributed by atoms with Gasteiger partial charge in [-0.15, -0.1) is 0 Å². The third kappa shape index (κ3) is 2.60. The molecule has 21 heavy (non-hydrogen) atoms. The van der Waals surface area contributed by atoms with Gasteiger partial charge >= 0.3 is 0 Å². The number of carbonyl (C=O) groups is 2. The van der Waals surface area contributed by atoms with Gasteiger partial charge in [0, 0.05) is 12.5 Å². The topological polar surface area (TPSA) is 49.4 Å². The van der Waals surface area contributed by atoms with Gasteiger partial charge in [-0.1, -0.05) is 26.0 Å². The molecule has 1 aromatic rings. The molecule has 114 valence electrons. The van der Waals surface area contributed by atoms with Crippen molar-refractivity contribution in [2.45, 2.75) is 46.1 Å². The summed E-state index contributed by atoms with van der Waals surface area (Å²) in [4.78, 5) is 26.5. The van der Waals surface area contributed by atoms with E-state index in [0.29, 0.717) is 24.9 Å². The van der Waals surface area contributed by atoms with Crippen LogP contribution in [0.4, 0.5) is 5.69 Å². The second-order valence-corrected chi connectivity index (χ2v) is 5.80. The number of carbonyl (C=O) groups excluding carboxylic acids is 2. The van der Waals surface area contributed by atoms with E-state index >= 15 is 0 Å². The fraction of sp³-hybridized carbons (Fsp3) is 0.529. The summed E-state index contributed by atoms with van der Waals surface area (Å²) in [6.07, 6.45) is 1.74. The van der Waals surface area contributed by atoms with E-state index in [1.165, 1.54) is 4.90 Å². The van der Waals surface area contributed by atoms with Crippen LogP contribution in [0.5, 0.6) is 0 Å². The van der Waals surface area contributed by atoms with Crippen molar-refractivity contribution in [1.82, 2.24) is 5.32 Å². The molecule has 4 nitrogen and oxygen atoms in total. The summed E-state index contributed by atoms with van der Waals surface area (Å²) in [6.45, 7) is 6.02. The number of imide groups is 1. The minimum Gasteiger partial charge on any atom is -0.313 e. The highest BCUT2D eigenvalue weighted by Crippen LogP contribution is 2.41. The van der Waals surface area contributed by atoms with Crippen molar-refractivity contribution in [2.24, 2.45) is 5.41 Å². The lowest BCUT2D eigenvalue weighted by atomic mass is 9.81. The van der Waals surface area contributed by atoms with Crippen LogP contribution in [0.1, 0.15) is 51.6 Å². The van der Waals surface area contributed by atoms with Gasteiger partial charge in [-0.3, -0.25) is 14.5 Å². The molecular formula is C17H24N2O2. The molecule has 1 saturated heterocycles. The molecule has 0 saturated carbocycles. The zero-order valence-electron chi connectivity index (χ0n) is 13.3. The van der Waals surface area contributed by atoms with Gasteiger partial charge in [-0.05, 0) is 44.5 Å². The van der Waals surface area contributed by atoms with Gasteiger partial charge in [0.2, 0.25) is 11.8 Å².